The van der Waals surface area contributed by atoms with Crippen molar-refractivity contribution < 1.29 is 13.2 Å². The van der Waals surface area contributed by atoms with Crippen LogP contribution in [0.4, 0.5) is 0 Å². The summed E-state index contributed by atoms with van der Waals surface area (Å²) in [6.07, 6.45) is 1.17. The summed E-state index contributed by atoms with van der Waals surface area (Å²) in [6, 6.07) is 6.69. The lowest BCUT2D eigenvalue weighted by molar-refractivity contribution is 0.0714. The number of fused-ring (bicyclic) bond motifs is 1. The van der Waals surface area contributed by atoms with Gasteiger partial charge < -0.3 is 9.88 Å². The number of hydrogen-bond acceptors (Lipinski definition) is 3. The van der Waals surface area contributed by atoms with Gasteiger partial charge in [0.1, 0.15) is 15.5 Å². The maximum absolute atomic E-state index is 12.6. The number of benzene rings is 1. The number of rotatable bonds is 5. The summed E-state index contributed by atoms with van der Waals surface area (Å²) in [7, 11) is -3.15. The van der Waals surface area contributed by atoms with E-state index in [-0.39, 0.29) is 17.7 Å². The second-order valence-electron chi connectivity index (χ2n) is 5.45. The smallest absolute Gasteiger partial charge is 0.270 e. The first-order valence-electron chi connectivity index (χ1n) is 6.98. The Morgan fingerprint density at radius 3 is 2.64 bits per heavy atom. The van der Waals surface area contributed by atoms with E-state index in [1.54, 1.807) is 30.0 Å². The Morgan fingerprint density at radius 2 is 2.05 bits per heavy atom. The first-order valence-corrected chi connectivity index (χ1v) is 9.42. The average Bonchev–Trinajstić information content (AvgIpc) is 2.80. The van der Waals surface area contributed by atoms with Crippen LogP contribution in [-0.2, 0) is 9.84 Å². The Balaban J connectivity index is 2.30. The number of sulfone groups is 1. The summed E-state index contributed by atoms with van der Waals surface area (Å²) in [5.74, 6) is -0.274. The van der Waals surface area contributed by atoms with E-state index in [0.717, 1.165) is 10.9 Å². The van der Waals surface area contributed by atoms with Crippen LogP contribution in [0.25, 0.3) is 10.9 Å². The van der Waals surface area contributed by atoms with E-state index in [9.17, 15) is 13.2 Å². The van der Waals surface area contributed by atoms with Gasteiger partial charge >= 0.3 is 0 Å². The summed E-state index contributed by atoms with van der Waals surface area (Å²) in [4.78, 5) is 17.2. The number of nitrogens with zero attached hydrogens (tertiary/aromatic N) is 1. The number of nitrogens with one attached hydrogen (secondary N) is 1. The molecule has 0 aliphatic rings. The van der Waals surface area contributed by atoms with E-state index in [2.05, 4.69) is 4.98 Å². The molecule has 1 amide bonds. The van der Waals surface area contributed by atoms with Gasteiger partial charge in [0.2, 0.25) is 0 Å². The van der Waals surface area contributed by atoms with Gasteiger partial charge in [0.15, 0.2) is 0 Å². The molecule has 0 saturated carbocycles. The number of aromatic amines is 1. The van der Waals surface area contributed by atoms with Crippen LogP contribution in [-0.4, -0.2) is 48.8 Å². The third-order valence-electron chi connectivity index (χ3n) is 3.49. The number of H-pyrrole nitrogens is 1. The van der Waals surface area contributed by atoms with Crippen molar-refractivity contribution in [1.29, 1.82) is 0 Å². The van der Waals surface area contributed by atoms with Gasteiger partial charge in [-0.15, -0.1) is 0 Å². The molecule has 0 spiro atoms. The van der Waals surface area contributed by atoms with E-state index < -0.39 is 9.84 Å². The van der Waals surface area contributed by atoms with Gasteiger partial charge in [-0.2, -0.15) is 0 Å². The number of carbonyl (C=O) groups excluding carboxylic acids is 1. The highest BCUT2D eigenvalue weighted by Gasteiger charge is 2.24. The van der Waals surface area contributed by atoms with Crippen molar-refractivity contribution in [2.45, 2.75) is 19.9 Å². The molecule has 1 aromatic heterocycles. The minimum atomic E-state index is -3.15. The zero-order valence-corrected chi connectivity index (χ0v) is 14.3. The minimum Gasteiger partial charge on any atom is -0.351 e. The highest BCUT2D eigenvalue weighted by atomic mass is 35.5. The van der Waals surface area contributed by atoms with Gasteiger partial charge in [-0.3, -0.25) is 4.79 Å². The summed E-state index contributed by atoms with van der Waals surface area (Å²) in [6.45, 7) is 4.00. The van der Waals surface area contributed by atoms with Crippen molar-refractivity contribution in [3.63, 3.8) is 0 Å². The summed E-state index contributed by atoms with van der Waals surface area (Å²) in [5.41, 5.74) is 1.25. The van der Waals surface area contributed by atoms with Crippen molar-refractivity contribution in [2.24, 2.45) is 0 Å². The van der Waals surface area contributed by atoms with Gasteiger partial charge in [0, 0.05) is 34.8 Å². The maximum Gasteiger partial charge on any atom is 0.270 e. The Bertz CT molecular complexity index is 798. The first-order chi connectivity index (χ1) is 10.2. The Kier molecular flexibility index (Phi) is 4.82. The standard InChI is InChI=1S/C15H19ClN2O3S/c1-4-18(10(2)9-22(3,20)21)15(19)14-8-11-7-12(16)5-6-13(11)17-14/h5-8,10,17H,4,9H2,1-3H3/t10-/m1/s1. The first kappa shape index (κ1) is 16.8. The number of amides is 1. The summed E-state index contributed by atoms with van der Waals surface area (Å²) in [5, 5.41) is 1.45. The average molecular weight is 343 g/mol. The molecule has 0 saturated heterocycles. The van der Waals surface area contributed by atoms with Crippen LogP contribution in [0.3, 0.4) is 0 Å². The Hall–Kier alpha value is -1.53. The number of halogens is 1. The van der Waals surface area contributed by atoms with Crippen LogP contribution >= 0.6 is 11.6 Å². The molecule has 22 heavy (non-hydrogen) atoms. The molecule has 7 heteroatoms. The highest BCUT2D eigenvalue weighted by molar-refractivity contribution is 7.90. The van der Waals surface area contributed by atoms with Gasteiger partial charge in [0.25, 0.3) is 5.91 Å². The predicted molar refractivity (Wildman–Crippen MR) is 89.2 cm³/mol. The maximum atomic E-state index is 12.6. The zero-order chi connectivity index (χ0) is 16.5. The van der Waals surface area contributed by atoms with Crippen molar-refractivity contribution in [1.82, 2.24) is 9.88 Å². The van der Waals surface area contributed by atoms with Crippen molar-refractivity contribution in [3.8, 4) is 0 Å². The molecule has 1 aromatic carbocycles. The van der Waals surface area contributed by atoms with E-state index in [1.165, 1.54) is 6.26 Å². The molecule has 2 aromatic rings. The fourth-order valence-corrected chi connectivity index (χ4v) is 3.79. The van der Waals surface area contributed by atoms with Crippen molar-refractivity contribution >= 4 is 38.2 Å². The molecule has 0 radical (unpaired) electrons. The van der Waals surface area contributed by atoms with E-state index in [0.29, 0.717) is 17.3 Å². The van der Waals surface area contributed by atoms with Gasteiger partial charge in [-0.25, -0.2) is 8.42 Å². The molecule has 0 aliphatic heterocycles. The number of carbonyl (C=O) groups is 1. The Morgan fingerprint density at radius 1 is 1.36 bits per heavy atom. The lowest BCUT2D eigenvalue weighted by Crippen LogP contribution is -2.42. The predicted octanol–water partition coefficient (Wildman–Crippen LogP) is 2.72. The van der Waals surface area contributed by atoms with E-state index >= 15 is 0 Å². The molecule has 1 heterocycles. The zero-order valence-electron chi connectivity index (χ0n) is 12.8. The number of aromatic nitrogens is 1. The summed E-state index contributed by atoms with van der Waals surface area (Å²) >= 11 is 5.94. The number of hydrogen-bond donors (Lipinski definition) is 1. The fraction of sp³-hybridized carbons (Fsp3) is 0.400. The molecule has 0 bridgehead atoms. The van der Waals surface area contributed by atoms with Gasteiger partial charge in [-0.05, 0) is 38.1 Å². The van der Waals surface area contributed by atoms with Crippen LogP contribution < -0.4 is 0 Å². The third kappa shape index (κ3) is 3.81. The molecular formula is C15H19ClN2O3S. The van der Waals surface area contributed by atoms with Crippen LogP contribution in [0.15, 0.2) is 24.3 Å². The molecule has 120 valence electrons. The topological polar surface area (TPSA) is 70.2 Å². The van der Waals surface area contributed by atoms with Crippen LogP contribution in [0.5, 0.6) is 0 Å². The lowest BCUT2D eigenvalue weighted by Gasteiger charge is -2.27. The van der Waals surface area contributed by atoms with E-state index in [1.807, 2.05) is 13.0 Å². The van der Waals surface area contributed by atoms with Crippen molar-refractivity contribution in [2.75, 3.05) is 18.6 Å². The molecule has 0 aliphatic carbocycles. The SMILES string of the molecule is CCN(C(=O)c1cc2cc(Cl)ccc2[nH]1)[C@H](C)CS(C)(=O)=O. The molecular weight excluding hydrogens is 324 g/mol. The molecule has 0 unspecified atom stereocenters. The summed E-state index contributed by atoms with van der Waals surface area (Å²) < 4.78 is 22.9. The van der Waals surface area contributed by atoms with Crippen molar-refractivity contribution in [3.05, 3.63) is 35.0 Å². The molecule has 1 N–H and O–H groups in total. The lowest BCUT2D eigenvalue weighted by atomic mass is 10.2. The third-order valence-corrected chi connectivity index (χ3v) is 4.81. The quantitative estimate of drug-likeness (QED) is 0.908. The van der Waals surface area contributed by atoms with E-state index in [4.69, 9.17) is 11.6 Å². The monoisotopic (exact) mass is 342 g/mol. The van der Waals surface area contributed by atoms with Gasteiger partial charge in [0.05, 0.1) is 5.75 Å². The Labute approximate surface area is 135 Å². The molecule has 1 atom stereocenters. The van der Waals surface area contributed by atoms with Crippen LogP contribution in [0.2, 0.25) is 5.02 Å². The second kappa shape index (κ2) is 6.30. The second-order valence-corrected chi connectivity index (χ2v) is 8.07. The normalized spacial score (nSPS) is 13.3. The molecule has 5 nitrogen and oxygen atoms in total. The fourth-order valence-electron chi connectivity index (χ4n) is 2.56. The van der Waals surface area contributed by atoms with Gasteiger partial charge in [-0.1, -0.05) is 11.6 Å². The largest absolute Gasteiger partial charge is 0.351 e. The molecule has 0 fully saturated rings. The molecule has 2 rings (SSSR count). The highest BCUT2D eigenvalue weighted by Crippen LogP contribution is 2.21. The minimum absolute atomic E-state index is 0.0569. The van der Waals surface area contributed by atoms with Crippen LogP contribution in [0.1, 0.15) is 24.3 Å². The van der Waals surface area contributed by atoms with Crippen LogP contribution in [0, 0.1) is 0 Å².